The molecule has 2 aliphatic rings. The fourth-order valence-electron chi connectivity index (χ4n) is 3.21. The molecule has 2 fully saturated rings. The van der Waals surface area contributed by atoms with E-state index in [1.807, 2.05) is 11.8 Å². The van der Waals surface area contributed by atoms with E-state index in [2.05, 4.69) is 4.98 Å². The molecule has 0 aromatic carbocycles. The van der Waals surface area contributed by atoms with Crippen LogP contribution < -0.4 is 0 Å². The van der Waals surface area contributed by atoms with Gasteiger partial charge in [-0.15, -0.1) is 0 Å². The first-order valence-electron chi connectivity index (χ1n) is 7.03. The van der Waals surface area contributed by atoms with Crippen LogP contribution in [0.3, 0.4) is 0 Å². The maximum atomic E-state index is 12.6. The van der Waals surface area contributed by atoms with E-state index in [-0.39, 0.29) is 18.1 Å². The van der Waals surface area contributed by atoms with Gasteiger partial charge < -0.3 is 14.1 Å². The lowest BCUT2D eigenvalue weighted by atomic mass is 9.90. The number of fused-ring (bicyclic) bond motifs is 1. The molecule has 1 aliphatic heterocycles. The number of amides is 1. The van der Waals surface area contributed by atoms with Crippen LogP contribution >= 0.6 is 0 Å². The Morgan fingerprint density at radius 3 is 2.84 bits per heavy atom. The zero-order valence-corrected chi connectivity index (χ0v) is 11.5. The molecule has 0 radical (unpaired) electrons. The van der Waals surface area contributed by atoms with Crippen molar-refractivity contribution in [2.45, 2.75) is 51.7 Å². The lowest BCUT2D eigenvalue weighted by Gasteiger charge is -2.43. The third-order valence-corrected chi connectivity index (χ3v) is 4.09. The normalized spacial score (nSPS) is 27.2. The summed E-state index contributed by atoms with van der Waals surface area (Å²) in [6.07, 6.45) is 4.66. The Kier molecular flexibility index (Phi) is 3.31. The number of nitrogens with zero attached hydrogens (tertiary/aromatic N) is 2. The Hall–Kier alpha value is -1.36. The number of carbonyl (C=O) groups excluding carboxylic acids is 1. The van der Waals surface area contributed by atoms with Crippen LogP contribution in [-0.4, -0.2) is 41.1 Å². The topological polar surface area (TPSA) is 55.6 Å². The molecule has 0 bridgehead atoms. The highest BCUT2D eigenvalue weighted by molar-refractivity contribution is 5.92. The first-order chi connectivity index (χ1) is 9.16. The zero-order chi connectivity index (χ0) is 13.4. The van der Waals surface area contributed by atoms with E-state index >= 15 is 0 Å². The maximum Gasteiger partial charge on any atom is 0.291 e. The summed E-state index contributed by atoms with van der Waals surface area (Å²) < 4.78 is 11.3. The monoisotopic (exact) mass is 264 g/mol. The van der Waals surface area contributed by atoms with Crippen molar-refractivity contribution >= 4 is 5.91 Å². The number of oxazole rings is 1. The van der Waals surface area contributed by atoms with Crippen molar-refractivity contribution in [1.82, 2.24) is 9.88 Å². The quantitative estimate of drug-likeness (QED) is 0.779. The van der Waals surface area contributed by atoms with Crippen molar-refractivity contribution in [2.75, 3.05) is 13.2 Å². The van der Waals surface area contributed by atoms with Gasteiger partial charge in [-0.2, -0.15) is 0 Å². The van der Waals surface area contributed by atoms with Gasteiger partial charge in [0, 0.05) is 13.5 Å². The molecule has 5 heteroatoms. The van der Waals surface area contributed by atoms with Gasteiger partial charge in [0.2, 0.25) is 5.76 Å². The first-order valence-corrected chi connectivity index (χ1v) is 7.03. The molecule has 3 rings (SSSR count). The molecule has 2 heterocycles. The van der Waals surface area contributed by atoms with Crippen molar-refractivity contribution in [3.8, 4) is 0 Å². The van der Waals surface area contributed by atoms with Gasteiger partial charge >= 0.3 is 0 Å². The Bertz CT molecular complexity index is 481. The predicted octanol–water partition coefficient (Wildman–Crippen LogP) is 2.08. The number of aromatic nitrogens is 1. The highest BCUT2D eigenvalue weighted by atomic mass is 16.5. The predicted molar refractivity (Wildman–Crippen MR) is 69.0 cm³/mol. The van der Waals surface area contributed by atoms with Crippen LogP contribution in [-0.2, 0) is 4.74 Å². The number of morpholine rings is 1. The highest BCUT2D eigenvalue weighted by Crippen LogP contribution is 2.29. The second kappa shape index (κ2) is 4.96. The van der Waals surface area contributed by atoms with E-state index in [0.717, 1.165) is 12.8 Å². The summed E-state index contributed by atoms with van der Waals surface area (Å²) in [5.41, 5.74) is 0.682. The molecular weight excluding hydrogens is 244 g/mol. The van der Waals surface area contributed by atoms with E-state index < -0.39 is 0 Å². The Morgan fingerprint density at radius 1 is 1.32 bits per heavy atom. The van der Waals surface area contributed by atoms with Crippen molar-refractivity contribution in [1.29, 1.82) is 0 Å². The largest absolute Gasteiger partial charge is 0.436 e. The lowest BCUT2D eigenvalue weighted by Crippen LogP contribution is -2.54. The van der Waals surface area contributed by atoms with Gasteiger partial charge in [-0.3, -0.25) is 4.79 Å². The van der Waals surface area contributed by atoms with E-state index in [1.165, 1.54) is 12.8 Å². The van der Waals surface area contributed by atoms with Crippen molar-refractivity contribution < 1.29 is 13.9 Å². The lowest BCUT2D eigenvalue weighted by molar-refractivity contribution is -0.0759. The number of hydrogen-bond donors (Lipinski definition) is 0. The smallest absolute Gasteiger partial charge is 0.291 e. The number of rotatable bonds is 1. The van der Waals surface area contributed by atoms with Crippen molar-refractivity contribution in [2.24, 2.45) is 0 Å². The molecule has 2 unspecified atom stereocenters. The van der Waals surface area contributed by atoms with E-state index in [0.29, 0.717) is 30.5 Å². The molecule has 1 saturated heterocycles. The number of ether oxygens (including phenoxy) is 1. The van der Waals surface area contributed by atoms with Crippen LogP contribution in [0.15, 0.2) is 4.42 Å². The third-order valence-electron chi connectivity index (χ3n) is 4.09. The summed E-state index contributed by atoms with van der Waals surface area (Å²) in [6.45, 7) is 4.87. The molecule has 104 valence electrons. The summed E-state index contributed by atoms with van der Waals surface area (Å²) in [4.78, 5) is 18.7. The third kappa shape index (κ3) is 2.27. The van der Waals surface area contributed by atoms with E-state index in [4.69, 9.17) is 9.15 Å². The molecule has 1 aromatic rings. The standard InChI is InChI=1S/C14H20N2O3/c1-9-13(19-10(2)15-9)14(17)16-7-8-18-12-6-4-3-5-11(12)16/h11-12H,3-8H2,1-2H3. The second-order valence-electron chi connectivity index (χ2n) is 5.41. The fourth-order valence-corrected chi connectivity index (χ4v) is 3.21. The Labute approximate surface area is 112 Å². The van der Waals surface area contributed by atoms with Crippen LogP contribution in [0.2, 0.25) is 0 Å². The second-order valence-corrected chi connectivity index (χ2v) is 5.41. The summed E-state index contributed by atoms with van der Waals surface area (Å²) >= 11 is 0. The highest BCUT2D eigenvalue weighted by Gasteiger charge is 2.38. The maximum absolute atomic E-state index is 12.6. The minimum atomic E-state index is -0.0294. The Morgan fingerprint density at radius 2 is 2.11 bits per heavy atom. The summed E-state index contributed by atoms with van der Waals surface area (Å²) in [6, 6.07) is 0.208. The number of aryl methyl sites for hydroxylation is 2. The molecule has 2 atom stereocenters. The van der Waals surface area contributed by atoms with Crippen LogP contribution in [0.1, 0.15) is 47.8 Å². The van der Waals surface area contributed by atoms with Crippen molar-refractivity contribution in [3.05, 3.63) is 17.3 Å². The molecule has 1 aromatic heterocycles. The van der Waals surface area contributed by atoms with Crippen molar-refractivity contribution in [3.63, 3.8) is 0 Å². The van der Waals surface area contributed by atoms with Gasteiger partial charge in [-0.1, -0.05) is 12.8 Å². The first kappa shape index (κ1) is 12.7. The van der Waals surface area contributed by atoms with Gasteiger partial charge in [0.25, 0.3) is 5.91 Å². The molecule has 5 nitrogen and oxygen atoms in total. The minimum absolute atomic E-state index is 0.0294. The van der Waals surface area contributed by atoms with E-state index in [1.54, 1.807) is 6.92 Å². The van der Waals surface area contributed by atoms with Gasteiger partial charge in [0.1, 0.15) is 0 Å². The van der Waals surface area contributed by atoms with Gasteiger partial charge in [0.05, 0.1) is 24.4 Å². The summed E-state index contributed by atoms with van der Waals surface area (Å²) in [5, 5.41) is 0. The number of hydrogen-bond acceptors (Lipinski definition) is 4. The van der Waals surface area contributed by atoms with E-state index in [9.17, 15) is 4.79 Å². The molecular formula is C14H20N2O3. The van der Waals surface area contributed by atoms with Crippen LogP contribution in [0, 0.1) is 13.8 Å². The number of carbonyl (C=O) groups is 1. The SMILES string of the molecule is Cc1nc(C)c(C(=O)N2CCOC3CCCCC32)o1. The van der Waals surface area contributed by atoms with Gasteiger partial charge in [-0.05, 0) is 19.8 Å². The molecule has 0 spiro atoms. The molecule has 1 saturated carbocycles. The molecule has 1 amide bonds. The fraction of sp³-hybridized carbons (Fsp3) is 0.714. The molecule has 19 heavy (non-hydrogen) atoms. The van der Waals surface area contributed by atoms with Crippen LogP contribution in [0.25, 0.3) is 0 Å². The molecule has 0 N–H and O–H groups in total. The summed E-state index contributed by atoms with van der Waals surface area (Å²) in [5.74, 6) is 0.913. The average molecular weight is 264 g/mol. The minimum Gasteiger partial charge on any atom is -0.436 e. The van der Waals surface area contributed by atoms with Crippen LogP contribution in [0.4, 0.5) is 0 Å². The van der Waals surface area contributed by atoms with Gasteiger partial charge in [0.15, 0.2) is 5.89 Å². The Balaban J connectivity index is 1.83. The van der Waals surface area contributed by atoms with Crippen LogP contribution in [0.5, 0.6) is 0 Å². The zero-order valence-electron chi connectivity index (χ0n) is 11.5. The summed E-state index contributed by atoms with van der Waals surface area (Å²) in [7, 11) is 0. The average Bonchev–Trinajstić information content (AvgIpc) is 2.76. The van der Waals surface area contributed by atoms with Gasteiger partial charge in [-0.25, -0.2) is 4.98 Å². The molecule has 1 aliphatic carbocycles.